The van der Waals surface area contributed by atoms with Gasteiger partial charge in [0.1, 0.15) is 11.2 Å². The molecule has 0 atom stereocenters. The molecule has 0 saturated carbocycles. The highest BCUT2D eigenvalue weighted by Crippen LogP contribution is 2.25. The van der Waals surface area contributed by atoms with E-state index < -0.39 is 4.92 Å². The molecule has 2 aromatic heterocycles. The number of rotatable bonds is 5. The van der Waals surface area contributed by atoms with Crippen LogP contribution in [0.5, 0.6) is 0 Å². The van der Waals surface area contributed by atoms with Crippen LogP contribution in [0.3, 0.4) is 0 Å². The van der Waals surface area contributed by atoms with Crippen molar-refractivity contribution in [2.45, 2.75) is 26.4 Å². The average molecular weight is 251 g/mol. The fraction of sp³-hybridized carbons (Fsp3) is 0.364. The summed E-state index contributed by atoms with van der Waals surface area (Å²) in [6, 6.07) is 3.07. The Balaban J connectivity index is 2.11. The number of nitro groups is 1. The molecule has 1 N–H and O–H groups in total. The van der Waals surface area contributed by atoms with Crippen LogP contribution in [0.4, 0.5) is 5.88 Å². The van der Waals surface area contributed by atoms with Crippen LogP contribution in [0.2, 0.25) is 0 Å². The van der Waals surface area contributed by atoms with Gasteiger partial charge in [0, 0.05) is 12.6 Å². The molecule has 0 amide bonds. The second-order valence-corrected chi connectivity index (χ2v) is 4.07. The van der Waals surface area contributed by atoms with Crippen LogP contribution in [-0.2, 0) is 6.54 Å². The zero-order valence-corrected chi connectivity index (χ0v) is 10.0. The number of furan rings is 1. The van der Waals surface area contributed by atoms with Crippen molar-refractivity contribution in [2.24, 2.45) is 0 Å². The topological polar surface area (TPSA) is 94.3 Å². The van der Waals surface area contributed by atoms with Gasteiger partial charge < -0.3 is 14.2 Å². The largest absolute Gasteiger partial charge is 0.442 e. The van der Waals surface area contributed by atoms with Crippen LogP contribution in [0.1, 0.15) is 19.5 Å². The van der Waals surface area contributed by atoms with Gasteiger partial charge in [0.05, 0.1) is 11.8 Å². The summed E-state index contributed by atoms with van der Waals surface area (Å²) >= 11 is 0. The average Bonchev–Trinajstić information content (AvgIpc) is 2.95. The Labute approximate surface area is 103 Å². The van der Waals surface area contributed by atoms with Crippen LogP contribution >= 0.6 is 0 Å². The van der Waals surface area contributed by atoms with E-state index >= 15 is 0 Å². The molecule has 0 saturated heterocycles. The van der Waals surface area contributed by atoms with Crippen molar-refractivity contribution in [1.82, 2.24) is 10.3 Å². The maximum Gasteiger partial charge on any atom is 0.433 e. The SMILES string of the molecule is CC(C)NCc1coc(-c2ccc([N+](=O)[O-])o2)n1. The number of hydrogen-bond donors (Lipinski definition) is 1. The molecular weight excluding hydrogens is 238 g/mol. The van der Waals surface area contributed by atoms with Gasteiger partial charge in [0.2, 0.25) is 0 Å². The molecule has 0 spiro atoms. The standard InChI is InChI=1S/C11H13N3O4/c1-7(2)12-5-8-6-17-11(13-8)9-3-4-10(18-9)14(15)16/h3-4,6-7,12H,5H2,1-2H3. The maximum absolute atomic E-state index is 10.5. The Bertz CT molecular complexity index is 544. The van der Waals surface area contributed by atoms with E-state index in [-0.39, 0.29) is 17.5 Å². The van der Waals surface area contributed by atoms with E-state index in [0.29, 0.717) is 12.6 Å². The van der Waals surface area contributed by atoms with Crippen molar-refractivity contribution < 1.29 is 13.8 Å². The predicted molar refractivity (Wildman–Crippen MR) is 62.8 cm³/mol. The van der Waals surface area contributed by atoms with Crippen LogP contribution in [-0.4, -0.2) is 15.9 Å². The van der Waals surface area contributed by atoms with E-state index in [2.05, 4.69) is 10.3 Å². The van der Waals surface area contributed by atoms with Crippen molar-refractivity contribution in [1.29, 1.82) is 0 Å². The highest BCUT2D eigenvalue weighted by Gasteiger charge is 2.16. The summed E-state index contributed by atoms with van der Waals surface area (Å²) in [5.74, 6) is 0.159. The number of aromatic nitrogens is 1. The molecule has 2 aromatic rings. The monoisotopic (exact) mass is 251 g/mol. The predicted octanol–water partition coefficient (Wildman–Crippen LogP) is 2.34. The van der Waals surface area contributed by atoms with Gasteiger partial charge in [-0.3, -0.25) is 10.1 Å². The van der Waals surface area contributed by atoms with Gasteiger partial charge >= 0.3 is 5.88 Å². The van der Waals surface area contributed by atoms with E-state index in [1.54, 1.807) is 0 Å². The van der Waals surface area contributed by atoms with Crippen molar-refractivity contribution >= 4 is 5.88 Å². The summed E-state index contributed by atoms with van der Waals surface area (Å²) in [5.41, 5.74) is 0.720. The number of hydrogen-bond acceptors (Lipinski definition) is 6. The van der Waals surface area contributed by atoms with E-state index in [1.165, 1.54) is 18.4 Å². The lowest BCUT2D eigenvalue weighted by atomic mass is 10.3. The first kappa shape index (κ1) is 12.3. The van der Waals surface area contributed by atoms with Gasteiger partial charge in [0.15, 0.2) is 5.76 Å². The Morgan fingerprint density at radius 3 is 2.89 bits per heavy atom. The second kappa shape index (κ2) is 5.01. The third kappa shape index (κ3) is 2.75. The van der Waals surface area contributed by atoms with Crippen molar-refractivity contribution in [3.8, 4) is 11.7 Å². The molecule has 0 aliphatic heterocycles. The zero-order chi connectivity index (χ0) is 13.1. The number of nitrogens with one attached hydrogen (secondary N) is 1. The maximum atomic E-state index is 10.5. The molecule has 7 heteroatoms. The van der Waals surface area contributed by atoms with E-state index in [4.69, 9.17) is 8.83 Å². The summed E-state index contributed by atoms with van der Waals surface area (Å²) in [6.07, 6.45) is 1.50. The molecule has 96 valence electrons. The lowest BCUT2D eigenvalue weighted by Gasteiger charge is -2.03. The summed E-state index contributed by atoms with van der Waals surface area (Å²) in [7, 11) is 0. The molecule has 0 unspecified atom stereocenters. The molecular formula is C11H13N3O4. The Morgan fingerprint density at radius 1 is 1.50 bits per heavy atom. The molecule has 0 aliphatic rings. The van der Waals surface area contributed by atoms with Gasteiger partial charge in [-0.1, -0.05) is 13.8 Å². The number of nitrogens with zero attached hydrogens (tertiary/aromatic N) is 2. The quantitative estimate of drug-likeness (QED) is 0.647. The van der Waals surface area contributed by atoms with Gasteiger partial charge in [-0.25, -0.2) is 4.98 Å². The van der Waals surface area contributed by atoms with E-state index in [9.17, 15) is 10.1 Å². The Morgan fingerprint density at radius 2 is 2.28 bits per heavy atom. The van der Waals surface area contributed by atoms with Gasteiger partial charge in [-0.05, 0) is 6.07 Å². The van der Waals surface area contributed by atoms with Crippen molar-refractivity contribution in [3.63, 3.8) is 0 Å². The van der Waals surface area contributed by atoms with Gasteiger partial charge in [-0.2, -0.15) is 0 Å². The molecule has 2 rings (SSSR count). The minimum Gasteiger partial charge on any atom is -0.442 e. The van der Waals surface area contributed by atoms with Gasteiger partial charge in [0.25, 0.3) is 5.89 Å². The van der Waals surface area contributed by atoms with Crippen LogP contribution in [0, 0.1) is 10.1 Å². The number of oxazole rings is 1. The minimum atomic E-state index is -0.604. The van der Waals surface area contributed by atoms with Crippen LogP contribution in [0.25, 0.3) is 11.7 Å². The van der Waals surface area contributed by atoms with Crippen LogP contribution in [0.15, 0.2) is 27.2 Å². The van der Waals surface area contributed by atoms with Crippen molar-refractivity contribution in [2.75, 3.05) is 0 Å². The molecule has 0 aromatic carbocycles. The lowest BCUT2D eigenvalue weighted by molar-refractivity contribution is -0.401. The normalized spacial score (nSPS) is 11.1. The zero-order valence-electron chi connectivity index (χ0n) is 10.0. The molecule has 0 bridgehead atoms. The first-order valence-corrected chi connectivity index (χ1v) is 5.48. The highest BCUT2D eigenvalue weighted by molar-refractivity contribution is 5.46. The first-order valence-electron chi connectivity index (χ1n) is 5.48. The molecule has 18 heavy (non-hydrogen) atoms. The minimum absolute atomic E-state index is 0.239. The fourth-order valence-electron chi connectivity index (χ4n) is 1.35. The van der Waals surface area contributed by atoms with E-state index in [0.717, 1.165) is 5.69 Å². The Kier molecular flexibility index (Phi) is 3.42. The smallest absolute Gasteiger partial charge is 0.433 e. The first-order chi connectivity index (χ1) is 8.56. The van der Waals surface area contributed by atoms with Gasteiger partial charge in [-0.15, -0.1) is 0 Å². The summed E-state index contributed by atoms with van der Waals surface area (Å²) < 4.78 is 10.2. The third-order valence-electron chi connectivity index (χ3n) is 2.23. The second-order valence-electron chi connectivity index (χ2n) is 4.07. The van der Waals surface area contributed by atoms with Crippen LogP contribution < -0.4 is 5.32 Å². The summed E-state index contributed by atoms with van der Waals surface area (Å²) in [4.78, 5) is 14.1. The van der Waals surface area contributed by atoms with E-state index in [1.807, 2.05) is 13.8 Å². The third-order valence-corrected chi connectivity index (χ3v) is 2.23. The highest BCUT2D eigenvalue weighted by atomic mass is 16.6. The molecule has 0 radical (unpaired) electrons. The summed E-state index contributed by atoms with van der Waals surface area (Å²) in [5, 5.41) is 13.7. The molecule has 0 fully saturated rings. The fourth-order valence-corrected chi connectivity index (χ4v) is 1.35. The molecule has 0 aliphatic carbocycles. The molecule has 2 heterocycles. The lowest BCUT2D eigenvalue weighted by Crippen LogP contribution is -2.21. The molecule has 7 nitrogen and oxygen atoms in total. The van der Waals surface area contributed by atoms with Crippen molar-refractivity contribution in [3.05, 3.63) is 34.2 Å². The summed E-state index contributed by atoms with van der Waals surface area (Å²) in [6.45, 7) is 4.62. The Hall–Kier alpha value is -2.15.